The molecule has 0 aliphatic carbocycles. The van der Waals surface area contributed by atoms with E-state index in [1.165, 1.54) is 12.1 Å². The van der Waals surface area contributed by atoms with Crippen molar-refractivity contribution in [1.29, 1.82) is 0 Å². The highest BCUT2D eigenvalue weighted by molar-refractivity contribution is 7.84. The molecule has 122 valence electrons. The zero-order chi connectivity index (χ0) is 16.4. The number of benzene rings is 1. The first-order valence-corrected chi connectivity index (χ1v) is 8.30. The molecule has 2 N–H and O–H groups in total. The van der Waals surface area contributed by atoms with Crippen LogP contribution in [0.15, 0.2) is 30.0 Å². The Bertz CT molecular complexity index is 682. The van der Waals surface area contributed by atoms with Crippen LogP contribution < -0.4 is 5.14 Å². The molecule has 0 fully saturated rings. The maximum atomic E-state index is 14.0. The van der Waals surface area contributed by atoms with Gasteiger partial charge < -0.3 is 9.47 Å². The summed E-state index contributed by atoms with van der Waals surface area (Å²) in [6.45, 7) is 3.25. The Kier molecular flexibility index (Phi) is 4.74. The molecule has 0 radical (unpaired) electrons. The van der Waals surface area contributed by atoms with Crippen molar-refractivity contribution in [3.8, 4) is 0 Å². The normalized spacial score (nSPS) is 17.3. The Labute approximate surface area is 128 Å². The number of halogens is 1. The number of rotatable bonds is 6. The molecule has 8 heteroatoms. The van der Waals surface area contributed by atoms with Crippen LogP contribution in [0.5, 0.6) is 0 Å². The maximum Gasteiger partial charge on any atom is 0.333 e. The number of hydrogen-bond donors (Lipinski definition) is 1. The van der Waals surface area contributed by atoms with Gasteiger partial charge in [0.25, 0.3) is 5.79 Å². The van der Waals surface area contributed by atoms with Crippen molar-refractivity contribution in [2.45, 2.75) is 32.5 Å². The molecule has 6 nitrogen and oxygen atoms in total. The van der Waals surface area contributed by atoms with Crippen LogP contribution in [-0.2, 0) is 24.0 Å². The van der Waals surface area contributed by atoms with Gasteiger partial charge in [0.1, 0.15) is 12.4 Å². The summed E-state index contributed by atoms with van der Waals surface area (Å²) in [5.74, 6) is -1.24. The lowest BCUT2D eigenvalue weighted by Gasteiger charge is -2.26. The van der Waals surface area contributed by atoms with Crippen LogP contribution in [0.2, 0.25) is 0 Å². The first-order valence-electron chi connectivity index (χ1n) is 6.83. The van der Waals surface area contributed by atoms with Crippen molar-refractivity contribution in [2.24, 2.45) is 5.14 Å². The van der Waals surface area contributed by atoms with E-state index in [2.05, 4.69) is 4.18 Å². The van der Waals surface area contributed by atoms with Crippen LogP contribution >= 0.6 is 0 Å². The summed E-state index contributed by atoms with van der Waals surface area (Å²) < 4.78 is 52.0. The molecule has 0 atom stereocenters. The molecule has 22 heavy (non-hydrogen) atoms. The van der Waals surface area contributed by atoms with Crippen LogP contribution in [0.4, 0.5) is 4.39 Å². The zero-order valence-corrected chi connectivity index (χ0v) is 13.2. The van der Waals surface area contributed by atoms with Gasteiger partial charge >= 0.3 is 10.3 Å². The summed E-state index contributed by atoms with van der Waals surface area (Å²) in [5, 5.41) is 4.82. The molecular formula is C14H18FNO5S. The molecule has 1 aromatic carbocycles. The molecule has 1 aliphatic heterocycles. The van der Waals surface area contributed by atoms with Gasteiger partial charge in [0.2, 0.25) is 0 Å². The Morgan fingerprint density at radius 2 is 1.86 bits per heavy atom. The largest absolute Gasteiger partial charge is 0.450 e. The lowest BCUT2D eigenvalue weighted by molar-refractivity contribution is -0.149. The third-order valence-corrected chi connectivity index (χ3v) is 3.85. The second-order valence-corrected chi connectivity index (χ2v) is 6.03. The summed E-state index contributed by atoms with van der Waals surface area (Å²) in [7, 11) is -4.14. The third kappa shape index (κ3) is 3.57. The van der Waals surface area contributed by atoms with E-state index in [4.69, 9.17) is 14.6 Å². The number of hydrogen-bond acceptors (Lipinski definition) is 5. The van der Waals surface area contributed by atoms with E-state index in [0.717, 1.165) is 0 Å². The zero-order valence-electron chi connectivity index (χ0n) is 12.3. The van der Waals surface area contributed by atoms with Gasteiger partial charge in [-0.2, -0.15) is 8.42 Å². The van der Waals surface area contributed by atoms with Gasteiger partial charge in [-0.05, 0) is 12.1 Å². The van der Waals surface area contributed by atoms with Crippen molar-refractivity contribution in [1.82, 2.24) is 0 Å². The van der Waals surface area contributed by atoms with E-state index in [9.17, 15) is 12.8 Å². The second kappa shape index (κ2) is 6.23. The van der Waals surface area contributed by atoms with Crippen LogP contribution in [0.1, 0.15) is 32.3 Å². The van der Waals surface area contributed by atoms with Crippen molar-refractivity contribution in [2.75, 3.05) is 6.61 Å². The standard InChI is InChI=1S/C14H18FNO5S/c1-3-14(4-2)20-12(9-19-22(16,17)18)13(21-14)10-7-5-6-8-11(10)15/h5-8H,3-4,9H2,1-2H3,(H2,16,17,18). The molecule has 0 bridgehead atoms. The van der Waals surface area contributed by atoms with Gasteiger partial charge in [-0.1, -0.05) is 26.0 Å². The van der Waals surface area contributed by atoms with Gasteiger partial charge in [-0.3, -0.25) is 0 Å². The first kappa shape index (κ1) is 16.7. The quantitative estimate of drug-likeness (QED) is 0.864. The average molecular weight is 331 g/mol. The highest BCUT2D eigenvalue weighted by Crippen LogP contribution is 2.41. The van der Waals surface area contributed by atoms with E-state index in [-0.39, 0.29) is 17.1 Å². The number of nitrogens with two attached hydrogens (primary N) is 1. The van der Waals surface area contributed by atoms with Gasteiger partial charge in [-0.15, -0.1) is 0 Å². The molecular weight excluding hydrogens is 313 g/mol. The van der Waals surface area contributed by atoms with Gasteiger partial charge in [0.05, 0.1) is 5.56 Å². The fraction of sp³-hybridized carbons (Fsp3) is 0.429. The molecule has 0 aromatic heterocycles. The van der Waals surface area contributed by atoms with Crippen LogP contribution in [-0.4, -0.2) is 20.8 Å². The molecule has 1 aromatic rings. The minimum Gasteiger partial charge on any atom is -0.450 e. The van der Waals surface area contributed by atoms with Gasteiger partial charge in [0, 0.05) is 12.8 Å². The fourth-order valence-corrected chi connectivity index (χ4v) is 2.43. The predicted molar refractivity (Wildman–Crippen MR) is 77.9 cm³/mol. The highest BCUT2D eigenvalue weighted by atomic mass is 32.2. The minimum atomic E-state index is -4.14. The lowest BCUT2D eigenvalue weighted by atomic mass is 10.1. The van der Waals surface area contributed by atoms with Gasteiger partial charge in [0.15, 0.2) is 11.5 Å². The van der Waals surface area contributed by atoms with E-state index >= 15 is 0 Å². The monoisotopic (exact) mass is 331 g/mol. The van der Waals surface area contributed by atoms with Crippen LogP contribution in [0.25, 0.3) is 5.76 Å². The molecule has 0 spiro atoms. The molecule has 0 saturated heterocycles. The van der Waals surface area contributed by atoms with Crippen molar-refractivity contribution >= 4 is 16.1 Å². The summed E-state index contributed by atoms with van der Waals surface area (Å²) in [5.41, 5.74) is 0.180. The van der Waals surface area contributed by atoms with Crippen LogP contribution in [0.3, 0.4) is 0 Å². The summed E-state index contributed by atoms with van der Waals surface area (Å²) in [6.07, 6.45) is 1.00. The van der Waals surface area contributed by atoms with E-state index in [0.29, 0.717) is 12.8 Å². The Hall–Kier alpha value is -1.64. The molecule has 0 saturated carbocycles. The van der Waals surface area contributed by atoms with Crippen molar-refractivity contribution in [3.63, 3.8) is 0 Å². The Morgan fingerprint density at radius 3 is 2.41 bits per heavy atom. The first-order chi connectivity index (χ1) is 10.3. The summed E-state index contributed by atoms with van der Waals surface area (Å²) in [4.78, 5) is 0. The van der Waals surface area contributed by atoms with Crippen molar-refractivity contribution in [3.05, 3.63) is 41.4 Å². The smallest absolute Gasteiger partial charge is 0.333 e. The van der Waals surface area contributed by atoms with E-state index in [1.54, 1.807) is 12.1 Å². The number of ether oxygens (including phenoxy) is 2. The lowest BCUT2D eigenvalue weighted by Crippen LogP contribution is -2.29. The van der Waals surface area contributed by atoms with Gasteiger partial charge in [-0.25, -0.2) is 13.7 Å². The molecule has 0 unspecified atom stereocenters. The molecule has 1 heterocycles. The molecule has 2 rings (SSSR count). The average Bonchev–Trinajstić information content (AvgIpc) is 2.85. The topological polar surface area (TPSA) is 87.9 Å². The Morgan fingerprint density at radius 1 is 1.23 bits per heavy atom. The SMILES string of the molecule is CCC1(CC)OC(COS(N)(=O)=O)=C(c2ccccc2F)O1. The molecule has 0 amide bonds. The van der Waals surface area contributed by atoms with Crippen LogP contribution in [0, 0.1) is 5.82 Å². The highest BCUT2D eigenvalue weighted by Gasteiger charge is 2.41. The molecule has 1 aliphatic rings. The second-order valence-electron chi connectivity index (χ2n) is 4.81. The van der Waals surface area contributed by atoms with E-state index in [1.807, 2.05) is 13.8 Å². The predicted octanol–water partition coefficient (Wildman–Crippen LogP) is 2.28. The summed E-state index contributed by atoms with van der Waals surface area (Å²) in [6, 6.07) is 5.99. The summed E-state index contributed by atoms with van der Waals surface area (Å²) >= 11 is 0. The fourth-order valence-electron chi connectivity index (χ4n) is 2.15. The minimum absolute atomic E-state index is 0.0998. The van der Waals surface area contributed by atoms with Crippen molar-refractivity contribution < 1.29 is 26.5 Å². The third-order valence-electron chi connectivity index (χ3n) is 3.40. The Balaban J connectivity index is 2.39. The van der Waals surface area contributed by atoms with E-state index < -0.39 is 28.5 Å². The maximum absolute atomic E-state index is 14.0.